The van der Waals surface area contributed by atoms with E-state index in [1.807, 2.05) is 163 Å². The fourth-order valence-electron chi connectivity index (χ4n) is 12.5. The summed E-state index contributed by atoms with van der Waals surface area (Å²) in [6.45, 7) is 57.7. The number of pyridine rings is 3. The van der Waals surface area contributed by atoms with Gasteiger partial charge in [0.2, 0.25) is 0 Å². The van der Waals surface area contributed by atoms with E-state index in [2.05, 4.69) is 310 Å². The monoisotopic (exact) mass is 1620 g/mol. The second kappa shape index (κ2) is 35.5. The molecule has 0 radical (unpaired) electrons. The molecular formula is C89H119N31. The molecule has 0 aliphatic carbocycles. The van der Waals surface area contributed by atoms with Gasteiger partial charge in [-0.3, -0.25) is 41.6 Å². The lowest BCUT2D eigenvalue weighted by Crippen LogP contribution is -2.16. The van der Waals surface area contributed by atoms with E-state index < -0.39 is 0 Å². The molecule has 18 aromatic heterocycles. The first-order chi connectivity index (χ1) is 56.0. The lowest BCUT2D eigenvalue weighted by molar-refractivity contribution is 0.538. The number of hydrogen-bond acceptors (Lipinski definition) is 22. The third-order valence-corrected chi connectivity index (χ3v) is 18.7. The zero-order valence-electron chi connectivity index (χ0n) is 75.6. The summed E-state index contributed by atoms with van der Waals surface area (Å²) in [5.74, 6) is 3.75. The second-order valence-electron chi connectivity index (χ2n) is 38.6. The van der Waals surface area contributed by atoms with E-state index in [0.717, 1.165) is 113 Å². The molecule has 18 rings (SSSR count). The zero-order chi connectivity index (χ0) is 87.9. The summed E-state index contributed by atoms with van der Waals surface area (Å²) in [5.41, 5.74) is 14.0. The quantitative estimate of drug-likeness (QED) is 0.136. The maximum Gasteiger partial charge on any atom is 0.182 e. The van der Waals surface area contributed by atoms with Crippen molar-refractivity contribution in [2.45, 2.75) is 236 Å². The lowest BCUT2D eigenvalue weighted by atomic mass is 9.90. The molecule has 0 aromatic carbocycles. The summed E-state index contributed by atoms with van der Waals surface area (Å²) < 4.78 is 17.5. The highest BCUT2D eigenvalue weighted by Crippen LogP contribution is 2.31. The highest BCUT2D eigenvalue weighted by molar-refractivity contribution is 5.80. The Morgan fingerprint density at radius 2 is 0.825 bits per heavy atom. The van der Waals surface area contributed by atoms with Gasteiger partial charge in [-0.1, -0.05) is 205 Å². The highest BCUT2D eigenvalue weighted by atomic mass is 15.3. The van der Waals surface area contributed by atoms with Crippen molar-refractivity contribution < 1.29 is 0 Å². The fraction of sp³-hybridized carbons (Fsp3) is 0.438. The Labute approximate surface area is 702 Å². The van der Waals surface area contributed by atoms with Gasteiger partial charge in [-0.15, -0.1) is 51.0 Å². The SMILES string of the molecule is CC(C)(C)c1cccc2nncn12.CC(C)(C)c1cncc2nncn12.CC(C)(C)c1nc2ccccn2n1.CC(C)(C)c1nccn2cnnc12.CC(C)(C)c1nnc2ccccn12.CC(C)(C)c1nnc2cnccn12.Cn1ccc2c(C(C)(C)C)ncnc21.Cn1ccc2cnc(C(C)(C)C)nc21.Cn1ncc2c(C(C)(C)C)ncnc21. The molecular weight excluding hydrogens is 1500 g/mol. The Hall–Kier alpha value is -12.7. The summed E-state index contributed by atoms with van der Waals surface area (Å²) in [5, 5.41) is 51.9. The maximum atomic E-state index is 4.56. The van der Waals surface area contributed by atoms with Crippen molar-refractivity contribution in [3.63, 3.8) is 0 Å². The van der Waals surface area contributed by atoms with Gasteiger partial charge in [0.05, 0.1) is 41.1 Å². The molecule has 0 bridgehead atoms. The van der Waals surface area contributed by atoms with E-state index >= 15 is 0 Å². The van der Waals surface area contributed by atoms with Crippen LogP contribution >= 0.6 is 0 Å². The van der Waals surface area contributed by atoms with Crippen molar-refractivity contribution in [3.8, 4) is 0 Å². The Morgan fingerprint density at radius 1 is 0.300 bits per heavy atom. The van der Waals surface area contributed by atoms with Crippen molar-refractivity contribution in [1.82, 2.24) is 151 Å². The number of aryl methyl sites for hydroxylation is 3. The Bertz CT molecular complexity index is 5950. The average molecular weight is 1620 g/mol. The van der Waals surface area contributed by atoms with Crippen LogP contribution in [0.15, 0.2) is 179 Å². The van der Waals surface area contributed by atoms with Gasteiger partial charge in [0.15, 0.2) is 45.4 Å². The molecule has 0 amide bonds. The molecule has 0 spiro atoms. The van der Waals surface area contributed by atoms with Gasteiger partial charge in [-0.2, -0.15) is 10.2 Å². The smallest absolute Gasteiger partial charge is 0.182 e. The van der Waals surface area contributed by atoms with Crippen LogP contribution in [0.1, 0.15) is 239 Å². The average Bonchev–Trinajstić information content (AvgIpc) is 1.20. The molecule has 0 fully saturated rings. The van der Waals surface area contributed by atoms with Crippen LogP contribution in [0.5, 0.6) is 0 Å². The molecule has 0 aliphatic rings. The number of hydrogen-bond donors (Lipinski definition) is 0. The van der Waals surface area contributed by atoms with Crippen LogP contribution in [0.25, 0.3) is 67.0 Å². The Morgan fingerprint density at radius 3 is 1.43 bits per heavy atom. The van der Waals surface area contributed by atoms with E-state index in [1.54, 1.807) is 65.6 Å². The van der Waals surface area contributed by atoms with Crippen molar-refractivity contribution >= 4 is 67.0 Å². The third kappa shape index (κ3) is 22.0. The molecule has 0 N–H and O–H groups in total. The Balaban J connectivity index is 0.000000142. The normalized spacial score (nSPS) is 12.2. The Kier molecular flexibility index (Phi) is 26.5. The molecule has 120 heavy (non-hydrogen) atoms. The number of fused-ring (bicyclic) bond motifs is 9. The minimum Gasteiger partial charge on any atom is -0.335 e. The summed E-state index contributed by atoms with van der Waals surface area (Å²) in [6, 6.07) is 22.0. The van der Waals surface area contributed by atoms with E-state index in [1.165, 1.54) is 5.69 Å². The van der Waals surface area contributed by atoms with E-state index in [0.29, 0.717) is 0 Å². The van der Waals surface area contributed by atoms with E-state index in [-0.39, 0.29) is 48.7 Å². The van der Waals surface area contributed by atoms with Crippen LogP contribution in [0.3, 0.4) is 0 Å². The summed E-state index contributed by atoms with van der Waals surface area (Å²) in [7, 11) is 5.89. The van der Waals surface area contributed by atoms with E-state index in [9.17, 15) is 0 Å². The minimum atomic E-state index is 0.00947. The van der Waals surface area contributed by atoms with Gasteiger partial charge in [-0.25, -0.2) is 39.4 Å². The number of rotatable bonds is 0. The van der Waals surface area contributed by atoms with Gasteiger partial charge >= 0.3 is 0 Å². The van der Waals surface area contributed by atoms with Gasteiger partial charge in [0, 0.05) is 154 Å². The predicted molar refractivity (Wildman–Crippen MR) is 473 cm³/mol. The standard InChI is InChI=1S/2C11H15N3.C10H14N4.3C10H13N3.3C9H12N4/c1-11(2,3)9-8-5-6-14(4)10(8)13-7-12-9;1-11(2,3)10-12-7-8-5-6-14(4)9(8)13-10;1-10(2,3)8-7-5-13-14(4)9(7)12-6-11-8;1-10(2,3)8-5-4-6-9-12-11-7-13(8)9;1-10(2,3)9-12-11-8-6-4-5-7-13(8)9;1-10(2,3)9-11-8-6-4-5-7-13(8)12-9;1-9(2,3)7-4-10-5-8-12-11-6-13(7)8;1-9(2,3)7-8-12-11-6-13(8)5-4-10-7;1-9(2,3)8-12-11-7-6-10-4-5-13(7)8/h2*5-7H,1-4H3;5-6H,1-4H3;3*4-7H,1-3H3;3*4-6H,1-3H3. The molecule has 18 aromatic rings. The minimum absolute atomic E-state index is 0.00947. The largest absolute Gasteiger partial charge is 0.335 e. The van der Waals surface area contributed by atoms with Crippen molar-refractivity contribution in [3.05, 3.63) is 231 Å². The molecule has 31 heteroatoms. The van der Waals surface area contributed by atoms with Crippen molar-refractivity contribution in [1.29, 1.82) is 0 Å². The molecule has 18 heterocycles. The van der Waals surface area contributed by atoms with Crippen LogP contribution in [0.4, 0.5) is 0 Å². The van der Waals surface area contributed by atoms with Crippen LogP contribution in [-0.4, -0.2) is 151 Å². The van der Waals surface area contributed by atoms with Crippen LogP contribution in [0, 0.1) is 0 Å². The van der Waals surface area contributed by atoms with Crippen molar-refractivity contribution in [2.24, 2.45) is 21.1 Å². The molecule has 0 saturated carbocycles. The lowest BCUT2D eigenvalue weighted by Gasteiger charge is -2.19. The first-order valence-corrected chi connectivity index (χ1v) is 40.0. The van der Waals surface area contributed by atoms with Crippen molar-refractivity contribution in [2.75, 3.05) is 0 Å². The summed E-state index contributed by atoms with van der Waals surface area (Å²) >= 11 is 0. The van der Waals surface area contributed by atoms with Crippen LogP contribution in [-0.2, 0) is 69.9 Å². The van der Waals surface area contributed by atoms with Crippen LogP contribution in [0.2, 0.25) is 0 Å². The van der Waals surface area contributed by atoms with Gasteiger partial charge in [-0.05, 0) is 48.5 Å². The van der Waals surface area contributed by atoms with Gasteiger partial charge in [0.25, 0.3) is 0 Å². The first kappa shape index (κ1) is 89.6. The van der Waals surface area contributed by atoms with E-state index in [4.69, 9.17) is 0 Å². The molecule has 0 atom stereocenters. The molecule has 630 valence electrons. The van der Waals surface area contributed by atoms with Gasteiger partial charge < -0.3 is 9.13 Å². The first-order valence-electron chi connectivity index (χ1n) is 40.0. The number of aromatic nitrogens is 31. The molecule has 0 unspecified atom stereocenters. The summed E-state index contributed by atoms with van der Waals surface area (Å²) in [6.07, 6.45) is 32.6. The van der Waals surface area contributed by atoms with Crippen LogP contribution < -0.4 is 0 Å². The zero-order valence-corrected chi connectivity index (χ0v) is 75.6. The highest BCUT2D eigenvalue weighted by Gasteiger charge is 2.27. The fourth-order valence-corrected chi connectivity index (χ4v) is 12.5. The predicted octanol–water partition coefficient (Wildman–Crippen LogP) is 16.5. The topological polar surface area (TPSA) is 325 Å². The summed E-state index contributed by atoms with van der Waals surface area (Å²) in [4.78, 5) is 43.0. The third-order valence-electron chi connectivity index (χ3n) is 18.7. The molecule has 0 aliphatic heterocycles. The molecule has 0 saturated heterocycles. The second-order valence-corrected chi connectivity index (χ2v) is 38.6. The van der Waals surface area contributed by atoms with Gasteiger partial charge in [0.1, 0.15) is 60.4 Å². The molecule has 31 nitrogen and oxygen atoms in total. The number of nitrogens with zero attached hydrogens (tertiary/aromatic N) is 31. The maximum absolute atomic E-state index is 4.56.